The molecule has 1 aromatic rings. The van der Waals surface area contributed by atoms with Gasteiger partial charge in [0.15, 0.2) is 5.25 Å². The minimum atomic E-state index is -4.58. The zero-order valence-electron chi connectivity index (χ0n) is 9.96. The molecule has 0 aliphatic rings. The lowest BCUT2D eigenvalue weighted by atomic mass is 10.2. The van der Waals surface area contributed by atoms with Crippen molar-refractivity contribution in [2.75, 3.05) is 0 Å². The molecule has 2 atom stereocenters. The van der Waals surface area contributed by atoms with Crippen LogP contribution in [0.3, 0.4) is 0 Å². The van der Waals surface area contributed by atoms with Crippen LogP contribution in [0.5, 0.6) is 0 Å². The van der Waals surface area contributed by atoms with E-state index >= 15 is 0 Å². The number of pyridine rings is 1. The quantitative estimate of drug-likeness (QED) is 0.579. The summed E-state index contributed by atoms with van der Waals surface area (Å²) >= 11 is 0. The molecule has 0 aromatic carbocycles. The first-order chi connectivity index (χ1) is 8.80. The van der Waals surface area contributed by atoms with Crippen molar-refractivity contribution in [1.82, 2.24) is 4.98 Å². The molecule has 0 saturated carbocycles. The molecular weight excluding hydrogens is 310 g/mol. The first-order valence-corrected chi connectivity index (χ1v) is 8.96. The van der Waals surface area contributed by atoms with Crippen molar-refractivity contribution in [1.29, 1.82) is 0 Å². The summed E-state index contributed by atoms with van der Waals surface area (Å²) in [6, 6.07) is 5.39. The van der Waals surface area contributed by atoms with Gasteiger partial charge in [-0.25, -0.2) is 4.98 Å². The van der Waals surface area contributed by atoms with Gasteiger partial charge in [-0.1, -0.05) is 23.8 Å². The normalized spacial score (nSPS) is 14.8. The fourth-order valence-corrected chi connectivity index (χ4v) is 4.22. The number of carboxylic acid groups (broad SMARTS) is 1. The molecule has 106 valence electrons. The Morgan fingerprint density at radius 2 is 2.16 bits per heavy atom. The summed E-state index contributed by atoms with van der Waals surface area (Å²) in [6.07, 6.45) is 1.46. The fraction of sp³-hybridized carbons (Fsp3) is 0.400. The van der Waals surface area contributed by atoms with Crippen LogP contribution in [0, 0.1) is 0 Å². The van der Waals surface area contributed by atoms with Gasteiger partial charge in [-0.3, -0.25) is 9.35 Å². The first-order valence-electron chi connectivity index (χ1n) is 5.24. The average molecular weight is 323 g/mol. The van der Waals surface area contributed by atoms with Crippen LogP contribution in [-0.2, 0) is 14.9 Å². The summed E-state index contributed by atoms with van der Waals surface area (Å²) in [6.45, 7) is 1.70. The topological polar surface area (TPSA) is 105 Å². The number of aromatic nitrogens is 1. The van der Waals surface area contributed by atoms with Crippen molar-refractivity contribution >= 4 is 37.7 Å². The molecule has 19 heavy (non-hydrogen) atoms. The van der Waals surface area contributed by atoms with E-state index in [1.807, 2.05) is 6.07 Å². The molecule has 0 bridgehead atoms. The number of hydrogen-bond acceptors (Lipinski definition) is 6. The van der Waals surface area contributed by atoms with E-state index in [1.165, 1.54) is 21.6 Å². The Morgan fingerprint density at radius 3 is 2.63 bits per heavy atom. The van der Waals surface area contributed by atoms with Crippen LogP contribution in [0.4, 0.5) is 0 Å². The van der Waals surface area contributed by atoms with Gasteiger partial charge < -0.3 is 5.11 Å². The summed E-state index contributed by atoms with van der Waals surface area (Å²) in [5.41, 5.74) is 0. The standard InChI is InChI=1S/C10H13NO5S3/c1-7(6-8(10(12)13)19(14,15)16)17-18-9-4-2-3-5-11-9/h2-5,7-8H,6H2,1H3,(H,12,13)(H,14,15,16). The van der Waals surface area contributed by atoms with E-state index in [0.29, 0.717) is 0 Å². The van der Waals surface area contributed by atoms with Gasteiger partial charge in [-0.2, -0.15) is 8.42 Å². The molecule has 0 spiro atoms. The van der Waals surface area contributed by atoms with E-state index in [0.717, 1.165) is 5.03 Å². The maximum Gasteiger partial charge on any atom is 0.324 e. The third-order valence-corrected chi connectivity index (χ3v) is 6.05. The monoisotopic (exact) mass is 323 g/mol. The number of aliphatic carboxylic acids is 1. The molecule has 1 rings (SSSR count). The lowest BCUT2D eigenvalue weighted by Crippen LogP contribution is -2.31. The predicted molar refractivity (Wildman–Crippen MR) is 74.7 cm³/mol. The van der Waals surface area contributed by atoms with E-state index in [2.05, 4.69) is 4.98 Å². The summed E-state index contributed by atoms with van der Waals surface area (Å²) in [7, 11) is -1.94. The number of nitrogens with zero attached hydrogens (tertiary/aromatic N) is 1. The highest BCUT2D eigenvalue weighted by Crippen LogP contribution is 2.35. The summed E-state index contributed by atoms with van der Waals surface area (Å²) < 4.78 is 30.7. The van der Waals surface area contributed by atoms with Crippen LogP contribution >= 0.6 is 21.6 Å². The van der Waals surface area contributed by atoms with Gasteiger partial charge in [0.25, 0.3) is 10.1 Å². The molecule has 1 heterocycles. The van der Waals surface area contributed by atoms with Crippen molar-refractivity contribution < 1.29 is 22.9 Å². The Bertz CT molecular complexity index is 519. The Balaban J connectivity index is 2.55. The second-order valence-electron chi connectivity index (χ2n) is 3.74. The lowest BCUT2D eigenvalue weighted by molar-refractivity contribution is -0.136. The van der Waals surface area contributed by atoms with Gasteiger partial charge in [0.1, 0.15) is 5.03 Å². The maximum atomic E-state index is 10.9. The van der Waals surface area contributed by atoms with Gasteiger partial charge in [0, 0.05) is 11.4 Å². The molecule has 0 radical (unpaired) electrons. The minimum Gasteiger partial charge on any atom is -0.480 e. The minimum absolute atomic E-state index is 0.168. The van der Waals surface area contributed by atoms with Crippen molar-refractivity contribution in [2.24, 2.45) is 0 Å². The molecule has 1 aromatic heterocycles. The average Bonchev–Trinajstić information content (AvgIpc) is 2.33. The van der Waals surface area contributed by atoms with Gasteiger partial charge in [-0.05, 0) is 29.3 Å². The maximum absolute atomic E-state index is 10.9. The van der Waals surface area contributed by atoms with Crippen molar-refractivity contribution in [3.05, 3.63) is 24.4 Å². The summed E-state index contributed by atoms with van der Waals surface area (Å²) in [5, 5.41) is 7.46. The van der Waals surface area contributed by atoms with Gasteiger partial charge >= 0.3 is 5.97 Å². The zero-order valence-corrected chi connectivity index (χ0v) is 12.4. The molecule has 0 amide bonds. The molecule has 0 saturated heterocycles. The molecule has 2 unspecified atom stereocenters. The molecule has 0 aliphatic heterocycles. The van der Waals surface area contributed by atoms with Crippen LogP contribution < -0.4 is 0 Å². The Kier molecular flexibility index (Phi) is 6.11. The van der Waals surface area contributed by atoms with Gasteiger partial charge in [-0.15, -0.1) is 0 Å². The van der Waals surface area contributed by atoms with Crippen LogP contribution in [0.15, 0.2) is 29.4 Å². The zero-order chi connectivity index (χ0) is 14.5. The second-order valence-corrected chi connectivity index (χ2v) is 7.99. The van der Waals surface area contributed by atoms with Gasteiger partial charge in [0.2, 0.25) is 0 Å². The molecular formula is C10H13NO5S3. The highest BCUT2D eigenvalue weighted by Gasteiger charge is 2.32. The Hall–Kier alpha value is -0.770. The van der Waals surface area contributed by atoms with Crippen molar-refractivity contribution in [2.45, 2.75) is 28.9 Å². The number of carboxylic acids is 1. The fourth-order valence-electron chi connectivity index (χ4n) is 1.22. The van der Waals surface area contributed by atoms with Crippen LogP contribution in [0.1, 0.15) is 13.3 Å². The smallest absolute Gasteiger partial charge is 0.324 e. The largest absolute Gasteiger partial charge is 0.480 e. The molecule has 0 aliphatic carbocycles. The van der Waals surface area contributed by atoms with Crippen molar-refractivity contribution in [3.8, 4) is 0 Å². The number of rotatable bonds is 7. The predicted octanol–water partition coefficient (Wildman–Crippen LogP) is 1.94. The van der Waals surface area contributed by atoms with Crippen LogP contribution in [0.2, 0.25) is 0 Å². The Morgan fingerprint density at radius 1 is 1.47 bits per heavy atom. The van der Waals surface area contributed by atoms with Gasteiger partial charge in [0.05, 0.1) is 0 Å². The third kappa shape index (κ3) is 5.81. The molecule has 6 nitrogen and oxygen atoms in total. The molecule has 9 heteroatoms. The van der Waals surface area contributed by atoms with E-state index in [9.17, 15) is 13.2 Å². The highest BCUT2D eigenvalue weighted by atomic mass is 33.1. The SMILES string of the molecule is CC(CC(C(=O)O)S(=O)(=O)O)SSc1ccccn1. The van der Waals surface area contributed by atoms with E-state index in [-0.39, 0.29) is 11.7 Å². The second kappa shape index (κ2) is 7.13. The van der Waals surface area contributed by atoms with Crippen LogP contribution in [-0.4, -0.2) is 39.5 Å². The lowest BCUT2D eigenvalue weighted by Gasteiger charge is -2.14. The molecule has 2 N–H and O–H groups in total. The highest BCUT2D eigenvalue weighted by molar-refractivity contribution is 8.76. The Labute approximate surface area is 119 Å². The first kappa shape index (κ1) is 16.3. The van der Waals surface area contributed by atoms with E-state index in [1.54, 1.807) is 25.3 Å². The summed E-state index contributed by atoms with van der Waals surface area (Å²) in [5.74, 6) is -1.54. The van der Waals surface area contributed by atoms with Crippen LogP contribution in [0.25, 0.3) is 0 Å². The molecule has 0 fully saturated rings. The number of hydrogen-bond donors (Lipinski definition) is 2. The van der Waals surface area contributed by atoms with Crippen molar-refractivity contribution in [3.63, 3.8) is 0 Å². The third-order valence-electron chi connectivity index (χ3n) is 2.12. The number of carbonyl (C=O) groups is 1. The van der Waals surface area contributed by atoms with E-state index in [4.69, 9.17) is 9.66 Å². The van der Waals surface area contributed by atoms with E-state index < -0.39 is 21.3 Å². The summed E-state index contributed by atoms with van der Waals surface area (Å²) in [4.78, 5) is 14.9.